The van der Waals surface area contributed by atoms with Gasteiger partial charge in [-0.2, -0.15) is 4.31 Å². The highest BCUT2D eigenvalue weighted by Gasteiger charge is 2.38. The summed E-state index contributed by atoms with van der Waals surface area (Å²) in [5.41, 5.74) is 0.448. The second kappa shape index (κ2) is 7.90. The molecule has 0 saturated heterocycles. The predicted molar refractivity (Wildman–Crippen MR) is 108 cm³/mol. The van der Waals surface area contributed by atoms with Crippen LogP contribution < -0.4 is 10.2 Å². The smallest absolute Gasteiger partial charge is 0.248 e. The highest BCUT2D eigenvalue weighted by molar-refractivity contribution is 7.89. The Morgan fingerprint density at radius 3 is 2.83 bits per heavy atom. The summed E-state index contributed by atoms with van der Waals surface area (Å²) in [6, 6.07) is 12.5. The minimum Gasteiger partial charge on any atom is -0.350 e. The molecule has 0 fully saturated rings. The number of fused-ring (bicyclic) bond motifs is 1. The van der Waals surface area contributed by atoms with Crippen LogP contribution in [0, 0.1) is 5.82 Å². The van der Waals surface area contributed by atoms with Crippen molar-refractivity contribution < 1.29 is 17.6 Å². The molecule has 7 nitrogen and oxygen atoms in total. The quantitative estimate of drug-likeness (QED) is 0.670. The van der Waals surface area contributed by atoms with Crippen LogP contribution >= 0.6 is 11.3 Å². The zero-order valence-electron chi connectivity index (χ0n) is 15.2. The zero-order valence-corrected chi connectivity index (χ0v) is 16.8. The number of nitrogens with one attached hydrogen (secondary N) is 1. The molecule has 0 spiro atoms. The number of benzene rings is 1. The van der Waals surface area contributed by atoms with Crippen LogP contribution in [-0.2, 0) is 21.4 Å². The molecule has 3 aromatic rings. The van der Waals surface area contributed by atoms with Gasteiger partial charge in [0.1, 0.15) is 10.7 Å². The number of carbonyl (C=O) groups excluding carboxylic acids is 1. The largest absolute Gasteiger partial charge is 0.350 e. The van der Waals surface area contributed by atoms with Gasteiger partial charge in [-0.25, -0.2) is 17.8 Å². The summed E-state index contributed by atoms with van der Waals surface area (Å²) in [5, 5.41) is 4.63. The van der Waals surface area contributed by atoms with Crippen LogP contribution in [0.15, 0.2) is 65.0 Å². The van der Waals surface area contributed by atoms with E-state index in [1.54, 1.807) is 11.0 Å². The molecule has 0 unspecified atom stereocenters. The van der Waals surface area contributed by atoms with E-state index in [1.807, 2.05) is 17.5 Å². The molecule has 1 aromatic carbocycles. The van der Waals surface area contributed by atoms with Crippen molar-refractivity contribution in [2.45, 2.75) is 11.4 Å². The fourth-order valence-corrected chi connectivity index (χ4v) is 5.15. The molecule has 1 aliphatic heterocycles. The van der Waals surface area contributed by atoms with Gasteiger partial charge in [0.05, 0.1) is 19.8 Å². The van der Waals surface area contributed by atoms with Gasteiger partial charge in [0.2, 0.25) is 15.9 Å². The number of pyridine rings is 1. The Labute approximate surface area is 171 Å². The van der Waals surface area contributed by atoms with E-state index in [2.05, 4.69) is 10.3 Å². The fourth-order valence-electron chi connectivity index (χ4n) is 3.02. The molecule has 4 rings (SSSR count). The molecule has 0 atom stereocenters. The highest BCUT2D eigenvalue weighted by Crippen LogP contribution is 2.36. The van der Waals surface area contributed by atoms with Crippen molar-refractivity contribution in [3.8, 4) is 0 Å². The topological polar surface area (TPSA) is 82.6 Å². The van der Waals surface area contributed by atoms with Gasteiger partial charge in [0.15, 0.2) is 5.82 Å². The standard InChI is InChI=1S/C19H17FN4O3S2/c20-14-4-1-5-15(10-14)24-13-23(12-18(25)22-11-16-6-3-9-28-16)29(26,27)17-7-2-8-21-19(17)24/h1-10H,11-13H2,(H,22,25). The Kier molecular flexibility index (Phi) is 5.31. The Hall–Kier alpha value is -2.82. The van der Waals surface area contributed by atoms with E-state index >= 15 is 0 Å². The van der Waals surface area contributed by atoms with Crippen molar-refractivity contribution in [3.63, 3.8) is 0 Å². The first-order valence-electron chi connectivity index (χ1n) is 8.72. The van der Waals surface area contributed by atoms with Crippen LogP contribution in [0.2, 0.25) is 0 Å². The zero-order chi connectivity index (χ0) is 20.4. The summed E-state index contributed by atoms with van der Waals surface area (Å²) < 4.78 is 40.9. The third-order valence-electron chi connectivity index (χ3n) is 4.40. The average Bonchev–Trinajstić information content (AvgIpc) is 3.22. The lowest BCUT2D eigenvalue weighted by molar-refractivity contribution is -0.121. The predicted octanol–water partition coefficient (Wildman–Crippen LogP) is 2.70. The Morgan fingerprint density at radius 2 is 2.07 bits per heavy atom. The lowest BCUT2D eigenvalue weighted by Gasteiger charge is -2.36. The molecule has 1 amide bonds. The number of aromatic nitrogens is 1. The lowest BCUT2D eigenvalue weighted by Crippen LogP contribution is -2.48. The molecule has 1 N–H and O–H groups in total. The van der Waals surface area contributed by atoms with Crippen LogP contribution in [0.5, 0.6) is 0 Å². The molecule has 0 aliphatic carbocycles. The van der Waals surface area contributed by atoms with Crippen LogP contribution in [-0.4, -0.2) is 36.8 Å². The van der Waals surface area contributed by atoms with Crippen molar-refractivity contribution >= 4 is 38.8 Å². The first-order chi connectivity index (χ1) is 13.9. The van der Waals surface area contributed by atoms with Crippen LogP contribution in [0.25, 0.3) is 0 Å². The molecular weight excluding hydrogens is 415 g/mol. The van der Waals surface area contributed by atoms with Gasteiger partial charge >= 0.3 is 0 Å². The maximum absolute atomic E-state index is 13.8. The van der Waals surface area contributed by atoms with Gasteiger partial charge in [-0.05, 0) is 41.8 Å². The van der Waals surface area contributed by atoms with Crippen molar-refractivity contribution in [2.75, 3.05) is 18.1 Å². The monoisotopic (exact) mass is 432 g/mol. The molecule has 3 heterocycles. The molecule has 2 aromatic heterocycles. The van der Waals surface area contributed by atoms with Gasteiger partial charge in [0.25, 0.3) is 0 Å². The molecule has 150 valence electrons. The third-order valence-corrected chi connectivity index (χ3v) is 7.08. The summed E-state index contributed by atoms with van der Waals surface area (Å²) in [4.78, 5) is 19.1. The fraction of sp³-hybridized carbons (Fsp3) is 0.158. The minimum absolute atomic E-state index is 0.0263. The second-order valence-electron chi connectivity index (χ2n) is 6.35. The molecule has 0 saturated carbocycles. The maximum Gasteiger partial charge on any atom is 0.248 e. The number of sulfonamides is 1. The number of halogens is 1. The lowest BCUT2D eigenvalue weighted by atomic mass is 10.2. The van der Waals surface area contributed by atoms with Crippen LogP contribution in [0.3, 0.4) is 0 Å². The SMILES string of the molecule is O=C(CN1CN(c2cccc(F)c2)c2ncccc2S1(=O)=O)NCc1cccs1. The molecule has 0 bridgehead atoms. The minimum atomic E-state index is -3.92. The molecular formula is C19H17FN4O3S2. The van der Waals surface area contributed by atoms with Gasteiger partial charge in [-0.1, -0.05) is 12.1 Å². The Morgan fingerprint density at radius 1 is 1.21 bits per heavy atom. The van der Waals surface area contributed by atoms with Crippen molar-refractivity contribution in [3.05, 3.63) is 70.8 Å². The summed E-state index contributed by atoms with van der Waals surface area (Å²) >= 11 is 1.50. The van der Waals surface area contributed by atoms with E-state index < -0.39 is 21.7 Å². The van der Waals surface area contributed by atoms with Crippen molar-refractivity contribution in [1.29, 1.82) is 0 Å². The number of carbonyl (C=O) groups is 1. The number of amides is 1. The number of rotatable bonds is 5. The Bertz CT molecular complexity index is 1140. The number of nitrogens with zero attached hydrogens (tertiary/aromatic N) is 3. The summed E-state index contributed by atoms with van der Waals surface area (Å²) in [6.45, 7) is -0.174. The van der Waals surface area contributed by atoms with E-state index in [4.69, 9.17) is 0 Å². The average molecular weight is 433 g/mol. The molecule has 10 heteroatoms. The number of anilines is 2. The number of hydrogen-bond acceptors (Lipinski definition) is 6. The molecule has 0 radical (unpaired) electrons. The molecule has 1 aliphatic rings. The van der Waals surface area contributed by atoms with E-state index in [0.29, 0.717) is 12.2 Å². The van der Waals surface area contributed by atoms with Gasteiger partial charge in [-0.3, -0.25) is 4.79 Å². The summed E-state index contributed by atoms with van der Waals surface area (Å²) in [7, 11) is -3.92. The van der Waals surface area contributed by atoms with Crippen LogP contribution in [0.4, 0.5) is 15.9 Å². The normalized spacial score (nSPS) is 15.7. The third kappa shape index (κ3) is 4.00. The first kappa shape index (κ1) is 19.5. The van der Waals surface area contributed by atoms with E-state index in [-0.39, 0.29) is 23.9 Å². The van der Waals surface area contributed by atoms with Crippen molar-refractivity contribution in [2.24, 2.45) is 0 Å². The summed E-state index contributed by atoms with van der Waals surface area (Å²) in [6.07, 6.45) is 1.48. The van der Waals surface area contributed by atoms with E-state index in [1.165, 1.54) is 47.9 Å². The van der Waals surface area contributed by atoms with Crippen molar-refractivity contribution in [1.82, 2.24) is 14.6 Å². The number of thiophene rings is 1. The molecule has 29 heavy (non-hydrogen) atoms. The van der Waals surface area contributed by atoms with Gasteiger partial charge in [0, 0.05) is 16.8 Å². The second-order valence-corrected chi connectivity index (χ2v) is 9.28. The maximum atomic E-state index is 13.8. The first-order valence-corrected chi connectivity index (χ1v) is 11.0. The van der Waals surface area contributed by atoms with E-state index in [0.717, 1.165) is 9.18 Å². The van der Waals surface area contributed by atoms with E-state index in [9.17, 15) is 17.6 Å². The number of hydrogen-bond donors (Lipinski definition) is 1. The Balaban J connectivity index is 1.62. The van der Waals surface area contributed by atoms with Crippen LogP contribution in [0.1, 0.15) is 4.88 Å². The van der Waals surface area contributed by atoms with Gasteiger partial charge < -0.3 is 10.2 Å². The highest BCUT2D eigenvalue weighted by atomic mass is 32.2. The summed E-state index contributed by atoms with van der Waals surface area (Å²) in [5.74, 6) is -0.671. The van der Waals surface area contributed by atoms with Gasteiger partial charge in [-0.15, -0.1) is 11.3 Å².